The second-order valence-electron chi connectivity index (χ2n) is 7.63. The van der Waals surface area contributed by atoms with Gasteiger partial charge < -0.3 is 9.47 Å². The predicted octanol–water partition coefficient (Wildman–Crippen LogP) is 4.71. The second kappa shape index (κ2) is 10.8. The molecule has 0 aliphatic carbocycles. The number of aromatic nitrogens is 2. The molecular formula is C23H25ClN4O3S2. The zero-order valence-corrected chi connectivity index (χ0v) is 20.7. The number of hydrogen-bond acceptors (Lipinski definition) is 8. The molecule has 0 radical (unpaired) electrons. The van der Waals surface area contributed by atoms with Crippen LogP contribution < -0.4 is 9.64 Å². The molecule has 1 aliphatic rings. The van der Waals surface area contributed by atoms with E-state index in [4.69, 9.17) is 14.5 Å². The number of carbonyl (C=O) groups is 1. The molecule has 0 bridgehead atoms. The van der Waals surface area contributed by atoms with Gasteiger partial charge in [-0.25, -0.2) is 9.97 Å². The van der Waals surface area contributed by atoms with Gasteiger partial charge in [-0.05, 0) is 36.8 Å². The number of benzene rings is 2. The Morgan fingerprint density at radius 2 is 2.00 bits per heavy atom. The Bertz CT molecular complexity index is 1240. The first-order chi connectivity index (χ1) is 15.7. The molecule has 0 saturated carbocycles. The summed E-state index contributed by atoms with van der Waals surface area (Å²) < 4.78 is 12.8. The van der Waals surface area contributed by atoms with E-state index in [2.05, 4.69) is 9.88 Å². The highest BCUT2D eigenvalue weighted by Crippen LogP contribution is 2.32. The van der Waals surface area contributed by atoms with E-state index in [9.17, 15) is 4.79 Å². The summed E-state index contributed by atoms with van der Waals surface area (Å²) in [4.78, 5) is 26.9. The summed E-state index contributed by atoms with van der Waals surface area (Å²) in [7, 11) is 1.64. The molecule has 0 N–H and O–H groups in total. The number of methoxy groups -OCH3 is 1. The topological polar surface area (TPSA) is 67.8 Å². The van der Waals surface area contributed by atoms with E-state index >= 15 is 0 Å². The number of thiazole rings is 2. The number of carbonyl (C=O) groups excluding carboxylic acids is 1. The van der Waals surface area contributed by atoms with Crippen molar-refractivity contribution in [1.82, 2.24) is 14.9 Å². The van der Waals surface area contributed by atoms with E-state index in [0.717, 1.165) is 65.5 Å². The van der Waals surface area contributed by atoms with Gasteiger partial charge in [0.1, 0.15) is 5.75 Å². The molecule has 0 atom stereocenters. The number of amides is 1. The molecule has 33 heavy (non-hydrogen) atoms. The van der Waals surface area contributed by atoms with Gasteiger partial charge in [-0.2, -0.15) is 0 Å². The quantitative estimate of drug-likeness (QED) is 0.363. The molecule has 1 fully saturated rings. The molecule has 5 rings (SSSR count). The molecule has 0 spiro atoms. The first-order valence-electron chi connectivity index (χ1n) is 10.6. The van der Waals surface area contributed by atoms with E-state index in [1.54, 1.807) is 24.0 Å². The van der Waals surface area contributed by atoms with Crippen LogP contribution in [0.15, 0.2) is 41.9 Å². The van der Waals surface area contributed by atoms with Gasteiger partial charge in [-0.3, -0.25) is 14.6 Å². The summed E-state index contributed by atoms with van der Waals surface area (Å²) in [5.41, 5.74) is 4.22. The van der Waals surface area contributed by atoms with Gasteiger partial charge >= 0.3 is 0 Å². The van der Waals surface area contributed by atoms with Gasteiger partial charge in [-0.15, -0.1) is 23.7 Å². The molecule has 2 aromatic carbocycles. The SMILES string of the molecule is COc1ccc2sc(N(CCCN3CCOCC3)C(=O)c3ccc4ncsc4c3)nc2c1.Cl. The maximum atomic E-state index is 13.6. The average Bonchev–Trinajstić information content (AvgIpc) is 3.47. The molecule has 1 amide bonds. The van der Waals surface area contributed by atoms with Crippen LogP contribution >= 0.6 is 35.1 Å². The van der Waals surface area contributed by atoms with Crippen molar-refractivity contribution in [3.8, 4) is 5.75 Å². The minimum absolute atomic E-state index is 0. The van der Waals surface area contributed by atoms with E-state index in [1.165, 1.54) is 11.3 Å². The number of fused-ring (bicyclic) bond motifs is 2. The minimum Gasteiger partial charge on any atom is -0.497 e. The number of rotatable bonds is 7. The van der Waals surface area contributed by atoms with Crippen molar-refractivity contribution in [2.45, 2.75) is 6.42 Å². The Balaban J connectivity index is 0.00000259. The van der Waals surface area contributed by atoms with Crippen LogP contribution in [0.2, 0.25) is 0 Å². The number of ether oxygens (including phenoxy) is 2. The highest BCUT2D eigenvalue weighted by Gasteiger charge is 2.22. The number of hydrogen-bond donors (Lipinski definition) is 0. The van der Waals surface area contributed by atoms with Crippen LogP contribution in [0.1, 0.15) is 16.8 Å². The zero-order chi connectivity index (χ0) is 21.9. The monoisotopic (exact) mass is 504 g/mol. The first-order valence-corrected chi connectivity index (χ1v) is 12.3. The highest BCUT2D eigenvalue weighted by molar-refractivity contribution is 7.22. The van der Waals surface area contributed by atoms with E-state index in [0.29, 0.717) is 17.2 Å². The van der Waals surface area contributed by atoms with Gasteiger partial charge in [0.05, 0.1) is 46.3 Å². The van der Waals surface area contributed by atoms with Gasteiger partial charge in [0.25, 0.3) is 5.91 Å². The van der Waals surface area contributed by atoms with Crippen molar-refractivity contribution in [2.24, 2.45) is 0 Å². The van der Waals surface area contributed by atoms with Crippen LogP contribution in [-0.4, -0.2) is 67.3 Å². The first kappa shape index (κ1) is 23.8. The van der Waals surface area contributed by atoms with Crippen LogP contribution in [-0.2, 0) is 4.74 Å². The van der Waals surface area contributed by atoms with Crippen molar-refractivity contribution in [3.63, 3.8) is 0 Å². The summed E-state index contributed by atoms with van der Waals surface area (Å²) in [5.74, 6) is 0.725. The second-order valence-corrected chi connectivity index (χ2v) is 9.52. The lowest BCUT2D eigenvalue weighted by Gasteiger charge is -2.27. The number of nitrogens with zero attached hydrogens (tertiary/aromatic N) is 4. The third-order valence-corrected chi connectivity index (χ3v) is 7.45. The largest absolute Gasteiger partial charge is 0.497 e. The fraction of sp³-hybridized carbons (Fsp3) is 0.348. The van der Waals surface area contributed by atoms with E-state index in [-0.39, 0.29) is 18.3 Å². The maximum Gasteiger partial charge on any atom is 0.260 e. The van der Waals surface area contributed by atoms with Crippen molar-refractivity contribution >= 4 is 66.6 Å². The lowest BCUT2D eigenvalue weighted by atomic mass is 10.2. The normalized spacial score (nSPS) is 14.3. The van der Waals surface area contributed by atoms with Crippen molar-refractivity contribution in [1.29, 1.82) is 0 Å². The van der Waals surface area contributed by atoms with Crippen molar-refractivity contribution < 1.29 is 14.3 Å². The Morgan fingerprint density at radius 3 is 2.82 bits per heavy atom. The number of anilines is 1. The number of halogens is 1. The van der Waals surface area contributed by atoms with Crippen LogP contribution in [0.4, 0.5) is 5.13 Å². The Morgan fingerprint density at radius 1 is 1.15 bits per heavy atom. The van der Waals surface area contributed by atoms with E-state index < -0.39 is 0 Å². The lowest BCUT2D eigenvalue weighted by molar-refractivity contribution is 0.0376. The molecular weight excluding hydrogens is 480 g/mol. The summed E-state index contributed by atoms with van der Waals surface area (Å²) in [6.07, 6.45) is 0.869. The van der Waals surface area contributed by atoms with Gasteiger partial charge in [-0.1, -0.05) is 11.3 Å². The summed E-state index contributed by atoms with van der Waals surface area (Å²) in [6.45, 7) is 4.97. The summed E-state index contributed by atoms with van der Waals surface area (Å²) in [5, 5.41) is 0.713. The molecule has 2 aromatic heterocycles. The van der Waals surface area contributed by atoms with Crippen LogP contribution in [0.25, 0.3) is 20.4 Å². The van der Waals surface area contributed by atoms with Crippen LogP contribution in [0.5, 0.6) is 5.75 Å². The Hall–Kier alpha value is -2.30. The predicted molar refractivity (Wildman–Crippen MR) is 137 cm³/mol. The molecule has 10 heteroatoms. The molecule has 174 valence electrons. The summed E-state index contributed by atoms with van der Waals surface area (Å²) >= 11 is 3.08. The molecule has 7 nitrogen and oxygen atoms in total. The molecule has 1 saturated heterocycles. The van der Waals surface area contributed by atoms with Crippen molar-refractivity contribution in [3.05, 3.63) is 47.5 Å². The third-order valence-electron chi connectivity index (χ3n) is 5.60. The average molecular weight is 505 g/mol. The Labute approximate surface area is 206 Å². The smallest absolute Gasteiger partial charge is 0.260 e. The highest BCUT2D eigenvalue weighted by atomic mass is 35.5. The van der Waals surface area contributed by atoms with Gasteiger partial charge in [0.2, 0.25) is 0 Å². The van der Waals surface area contributed by atoms with Gasteiger partial charge in [0.15, 0.2) is 5.13 Å². The van der Waals surface area contributed by atoms with Crippen LogP contribution in [0, 0.1) is 0 Å². The summed E-state index contributed by atoms with van der Waals surface area (Å²) in [6, 6.07) is 11.5. The van der Waals surface area contributed by atoms with E-state index in [1.807, 2.05) is 41.3 Å². The molecule has 3 heterocycles. The Kier molecular flexibility index (Phi) is 7.77. The number of morpholine rings is 1. The standard InChI is InChI=1S/C23H24N4O3S2.ClH/c1-29-17-4-6-20-19(14-17)25-23(32-20)27(8-2-7-26-9-11-30-12-10-26)22(28)16-3-5-18-21(13-16)31-15-24-18;/h3-6,13-15H,2,7-12H2,1H3;1H. The van der Waals surface area contributed by atoms with Gasteiger partial charge in [0, 0.05) is 37.8 Å². The fourth-order valence-corrected chi connectivity index (χ4v) is 5.53. The molecule has 1 aliphatic heterocycles. The molecule has 0 unspecified atom stereocenters. The maximum absolute atomic E-state index is 13.6. The fourth-order valence-electron chi connectivity index (χ4n) is 3.84. The van der Waals surface area contributed by atoms with Crippen molar-refractivity contribution in [2.75, 3.05) is 51.4 Å². The third kappa shape index (κ3) is 5.28. The zero-order valence-electron chi connectivity index (χ0n) is 18.2. The lowest BCUT2D eigenvalue weighted by Crippen LogP contribution is -2.39. The minimum atomic E-state index is -0.0340. The molecule has 4 aromatic rings. The van der Waals surface area contributed by atoms with Crippen LogP contribution in [0.3, 0.4) is 0 Å².